The number of hydrogen-bond donors (Lipinski definition) is 0. The van der Waals surface area contributed by atoms with Crippen molar-refractivity contribution in [3.05, 3.63) is 59.3 Å². The minimum absolute atomic E-state index is 0.0305. The highest BCUT2D eigenvalue weighted by molar-refractivity contribution is 5.94. The lowest BCUT2D eigenvalue weighted by Crippen LogP contribution is -2.35. The van der Waals surface area contributed by atoms with Crippen LogP contribution in [0.25, 0.3) is 0 Å². The Morgan fingerprint density at radius 2 is 1.96 bits per heavy atom. The van der Waals surface area contributed by atoms with Gasteiger partial charge in [-0.15, -0.1) is 0 Å². The van der Waals surface area contributed by atoms with E-state index < -0.39 is 0 Å². The Labute approximate surface area is 153 Å². The molecule has 5 heteroatoms. The fraction of sp³-hybridized carbons (Fsp3) is 0.429. The van der Waals surface area contributed by atoms with E-state index >= 15 is 0 Å². The molecule has 0 aliphatic carbocycles. The maximum absolute atomic E-state index is 12.8. The van der Waals surface area contributed by atoms with Crippen molar-refractivity contribution in [2.24, 2.45) is 5.92 Å². The lowest BCUT2D eigenvalue weighted by Gasteiger charge is -2.28. The molecule has 26 heavy (non-hydrogen) atoms. The molecule has 0 N–H and O–H groups in total. The van der Waals surface area contributed by atoms with Crippen molar-refractivity contribution in [3.63, 3.8) is 0 Å². The maximum Gasteiger partial charge on any atom is 0.255 e. The quantitative estimate of drug-likeness (QED) is 0.848. The zero-order valence-corrected chi connectivity index (χ0v) is 14.9. The smallest absolute Gasteiger partial charge is 0.255 e. The van der Waals surface area contributed by atoms with E-state index in [4.69, 9.17) is 9.47 Å². The molecule has 0 radical (unpaired) electrons. The van der Waals surface area contributed by atoms with Crippen LogP contribution in [0.15, 0.2) is 42.6 Å². The highest BCUT2D eigenvalue weighted by Crippen LogP contribution is 2.21. The normalized spacial score (nSPS) is 17.6. The number of aromatic nitrogens is 1. The van der Waals surface area contributed by atoms with Crippen molar-refractivity contribution in [3.8, 4) is 5.88 Å². The first kappa shape index (κ1) is 17.0. The Morgan fingerprint density at radius 1 is 1.15 bits per heavy atom. The molecule has 5 nitrogen and oxygen atoms in total. The summed E-state index contributed by atoms with van der Waals surface area (Å²) in [5, 5.41) is 0. The summed E-state index contributed by atoms with van der Waals surface area (Å²) in [7, 11) is 0. The van der Waals surface area contributed by atoms with Crippen molar-refractivity contribution < 1.29 is 14.3 Å². The van der Waals surface area contributed by atoms with Crippen LogP contribution < -0.4 is 4.74 Å². The van der Waals surface area contributed by atoms with Crippen LogP contribution in [0.3, 0.4) is 0 Å². The number of benzene rings is 1. The number of ether oxygens (including phenoxy) is 2. The van der Waals surface area contributed by atoms with Gasteiger partial charge in [-0.3, -0.25) is 4.79 Å². The summed E-state index contributed by atoms with van der Waals surface area (Å²) in [5.41, 5.74) is 3.19. The summed E-state index contributed by atoms with van der Waals surface area (Å²) < 4.78 is 11.1. The topological polar surface area (TPSA) is 51.7 Å². The number of rotatable bonds is 4. The Bertz CT molecular complexity index is 754. The number of carbonyl (C=O) groups is 1. The second-order valence-electron chi connectivity index (χ2n) is 7.00. The average Bonchev–Trinajstić information content (AvgIpc) is 2.72. The van der Waals surface area contributed by atoms with Crippen LogP contribution in [-0.4, -0.2) is 42.2 Å². The van der Waals surface area contributed by atoms with Gasteiger partial charge in [-0.1, -0.05) is 24.3 Å². The molecule has 2 aliphatic heterocycles. The van der Waals surface area contributed by atoms with Crippen LogP contribution in [-0.2, 0) is 17.7 Å². The van der Waals surface area contributed by atoms with Crippen LogP contribution in [0.2, 0.25) is 0 Å². The largest absolute Gasteiger partial charge is 0.477 e. The molecule has 2 aliphatic rings. The molecule has 1 fully saturated rings. The van der Waals surface area contributed by atoms with Crippen LogP contribution in [0.4, 0.5) is 0 Å². The van der Waals surface area contributed by atoms with E-state index in [0.29, 0.717) is 30.5 Å². The molecule has 0 spiro atoms. The summed E-state index contributed by atoms with van der Waals surface area (Å²) in [6.45, 7) is 3.70. The molecule has 0 atom stereocenters. The van der Waals surface area contributed by atoms with E-state index in [0.717, 1.165) is 39.0 Å². The van der Waals surface area contributed by atoms with Gasteiger partial charge < -0.3 is 14.4 Å². The first-order valence-electron chi connectivity index (χ1n) is 9.32. The molecule has 1 saturated heterocycles. The Kier molecular flexibility index (Phi) is 5.16. The number of carbonyl (C=O) groups excluding carboxylic acids is 1. The number of nitrogens with zero attached hydrogens (tertiary/aromatic N) is 2. The second-order valence-corrected chi connectivity index (χ2v) is 7.00. The van der Waals surface area contributed by atoms with Gasteiger partial charge in [0, 0.05) is 38.6 Å². The lowest BCUT2D eigenvalue weighted by atomic mass is 9.99. The van der Waals surface area contributed by atoms with E-state index in [9.17, 15) is 4.79 Å². The van der Waals surface area contributed by atoms with Crippen molar-refractivity contribution >= 4 is 5.91 Å². The summed E-state index contributed by atoms with van der Waals surface area (Å²) in [4.78, 5) is 19.0. The van der Waals surface area contributed by atoms with Crippen molar-refractivity contribution in [1.82, 2.24) is 9.88 Å². The lowest BCUT2D eigenvalue weighted by molar-refractivity contribution is 0.0490. The van der Waals surface area contributed by atoms with Crippen molar-refractivity contribution in [2.45, 2.75) is 25.8 Å². The molecule has 0 bridgehead atoms. The molecule has 1 aromatic heterocycles. The molecular formula is C21H24N2O3. The van der Waals surface area contributed by atoms with Crippen LogP contribution in [0.5, 0.6) is 5.88 Å². The van der Waals surface area contributed by atoms with Gasteiger partial charge in [-0.25, -0.2) is 4.98 Å². The fourth-order valence-electron chi connectivity index (χ4n) is 3.56. The van der Waals surface area contributed by atoms with E-state index in [-0.39, 0.29) is 5.91 Å². The molecule has 2 aromatic rings. The number of hydrogen-bond acceptors (Lipinski definition) is 4. The predicted octanol–water partition coefficient (Wildman–Crippen LogP) is 3.09. The second kappa shape index (κ2) is 7.87. The summed E-state index contributed by atoms with van der Waals surface area (Å²) in [5.74, 6) is 1.14. The monoisotopic (exact) mass is 352 g/mol. The molecule has 1 amide bonds. The standard InChI is InChI=1S/C21H24N2O3/c24-21(23-10-7-17-3-1-2-4-19(17)14-23)18-5-6-20(22-13-18)26-15-16-8-11-25-12-9-16/h1-6,13,16H,7-12,14-15H2. The van der Waals surface area contributed by atoms with Gasteiger partial charge in [0.25, 0.3) is 5.91 Å². The van der Waals surface area contributed by atoms with Gasteiger partial charge in [0.1, 0.15) is 0 Å². The SMILES string of the molecule is O=C(c1ccc(OCC2CCOCC2)nc1)N1CCc2ccccc2C1. The maximum atomic E-state index is 12.8. The fourth-order valence-corrected chi connectivity index (χ4v) is 3.56. The van der Waals surface area contributed by atoms with Gasteiger partial charge in [0.2, 0.25) is 5.88 Å². The third-order valence-corrected chi connectivity index (χ3v) is 5.21. The molecule has 1 aromatic carbocycles. The predicted molar refractivity (Wildman–Crippen MR) is 98.2 cm³/mol. The molecule has 0 unspecified atom stereocenters. The third-order valence-electron chi connectivity index (χ3n) is 5.21. The summed E-state index contributed by atoms with van der Waals surface area (Å²) in [6.07, 6.45) is 4.60. The molecule has 3 heterocycles. The summed E-state index contributed by atoms with van der Waals surface area (Å²) in [6, 6.07) is 11.9. The van der Waals surface area contributed by atoms with Crippen LogP contribution in [0, 0.1) is 5.92 Å². The Balaban J connectivity index is 1.35. The number of amides is 1. The first-order chi connectivity index (χ1) is 12.8. The van der Waals surface area contributed by atoms with Gasteiger partial charge in [0.15, 0.2) is 0 Å². The van der Waals surface area contributed by atoms with Crippen LogP contribution >= 0.6 is 0 Å². The highest BCUT2D eigenvalue weighted by atomic mass is 16.5. The number of fused-ring (bicyclic) bond motifs is 1. The average molecular weight is 352 g/mol. The zero-order valence-electron chi connectivity index (χ0n) is 14.9. The van der Waals surface area contributed by atoms with Gasteiger partial charge in [-0.05, 0) is 42.4 Å². The van der Waals surface area contributed by atoms with Crippen molar-refractivity contribution in [2.75, 3.05) is 26.4 Å². The number of pyridine rings is 1. The highest BCUT2D eigenvalue weighted by Gasteiger charge is 2.22. The van der Waals surface area contributed by atoms with E-state index in [1.165, 1.54) is 11.1 Å². The van der Waals surface area contributed by atoms with E-state index in [2.05, 4.69) is 23.2 Å². The van der Waals surface area contributed by atoms with E-state index in [1.807, 2.05) is 17.0 Å². The zero-order chi connectivity index (χ0) is 17.8. The van der Waals surface area contributed by atoms with Crippen molar-refractivity contribution in [1.29, 1.82) is 0 Å². The van der Waals surface area contributed by atoms with E-state index in [1.54, 1.807) is 12.3 Å². The molecular weight excluding hydrogens is 328 g/mol. The Morgan fingerprint density at radius 3 is 2.73 bits per heavy atom. The first-order valence-corrected chi connectivity index (χ1v) is 9.32. The minimum atomic E-state index is 0.0305. The minimum Gasteiger partial charge on any atom is -0.477 e. The van der Waals surface area contributed by atoms with Gasteiger partial charge in [0.05, 0.1) is 12.2 Å². The third kappa shape index (κ3) is 3.88. The molecule has 136 valence electrons. The molecule has 0 saturated carbocycles. The van der Waals surface area contributed by atoms with Crippen LogP contribution in [0.1, 0.15) is 34.3 Å². The van der Waals surface area contributed by atoms with Gasteiger partial charge in [-0.2, -0.15) is 0 Å². The summed E-state index contributed by atoms with van der Waals surface area (Å²) >= 11 is 0. The van der Waals surface area contributed by atoms with Gasteiger partial charge >= 0.3 is 0 Å². The Hall–Kier alpha value is -2.40. The molecule has 4 rings (SSSR count).